The number of aryl methyl sites for hydroxylation is 2. The standard InChI is InChI=1S/C14H20N2O3/c1-10-3-4-12(7-11(10)2)16-13(17)15-8-14(18)5-6-19-9-14/h3-4,7,18H,5-6,8-9H2,1-2H3,(H2,15,16,17). The molecule has 0 aliphatic carbocycles. The van der Waals surface area contributed by atoms with Crippen molar-refractivity contribution >= 4 is 11.7 Å². The number of hydrogen-bond donors (Lipinski definition) is 3. The van der Waals surface area contributed by atoms with E-state index in [0.29, 0.717) is 13.0 Å². The van der Waals surface area contributed by atoms with Crippen molar-refractivity contribution in [3.63, 3.8) is 0 Å². The van der Waals surface area contributed by atoms with Crippen molar-refractivity contribution in [3.8, 4) is 0 Å². The first-order chi connectivity index (χ1) is 8.98. The lowest BCUT2D eigenvalue weighted by atomic mass is 10.0. The van der Waals surface area contributed by atoms with Gasteiger partial charge in [0.15, 0.2) is 0 Å². The van der Waals surface area contributed by atoms with Gasteiger partial charge < -0.3 is 20.5 Å². The second kappa shape index (κ2) is 5.59. The van der Waals surface area contributed by atoms with Gasteiger partial charge in [-0.1, -0.05) is 6.07 Å². The molecular weight excluding hydrogens is 244 g/mol. The van der Waals surface area contributed by atoms with Crippen LogP contribution in [-0.4, -0.2) is 36.5 Å². The number of hydrogen-bond acceptors (Lipinski definition) is 3. The van der Waals surface area contributed by atoms with Crippen LogP contribution in [-0.2, 0) is 4.74 Å². The number of anilines is 1. The van der Waals surface area contributed by atoms with E-state index >= 15 is 0 Å². The fraction of sp³-hybridized carbons (Fsp3) is 0.500. The third-order valence-electron chi connectivity index (χ3n) is 3.43. The molecule has 19 heavy (non-hydrogen) atoms. The number of benzene rings is 1. The summed E-state index contributed by atoms with van der Waals surface area (Å²) in [6.07, 6.45) is 0.552. The third kappa shape index (κ3) is 3.68. The second-order valence-corrected chi connectivity index (χ2v) is 5.13. The van der Waals surface area contributed by atoms with Crippen molar-refractivity contribution in [1.82, 2.24) is 5.32 Å². The molecule has 2 rings (SSSR count). The molecule has 1 atom stereocenters. The summed E-state index contributed by atoms with van der Waals surface area (Å²) in [5.41, 5.74) is 2.12. The number of nitrogens with one attached hydrogen (secondary N) is 2. The van der Waals surface area contributed by atoms with Crippen LogP contribution >= 0.6 is 0 Å². The van der Waals surface area contributed by atoms with Crippen molar-refractivity contribution in [2.75, 3.05) is 25.1 Å². The van der Waals surface area contributed by atoms with Gasteiger partial charge in [0.25, 0.3) is 0 Å². The molecule has 0 radical (unpaired) electrons. The highest BCUT2D eigenvalue weighted by Gasteiger charge is 2.32. The molecule has 1 aliphatic heterocycles. The van der Waals surface area contributed by atoms with E-state index in [1.54, 1.807) is 0 Å². The Morgan fingerprint density at radius 3 is 2.84 bits per heavy atom. The number of aliphatic hydroxyl groups is 1. The zero-order valence-corrected chi connectivity index (χ0v) is 11.3. The molecular formula is C14H20N2O3. The average molecular weight is 264 g/mol. The summed E-state index contributed by atoms with van der Waals surface area (Å²) in [6.45, 7) is 5.03. The number of carbonyl (C=O) groups is 1. The molecule has 0 saturated carbocycles. The normalized spacial score (nSPS) is 22.3. The minimum atomic E-state index is -0.930. The van der Waals surface area contributed by atoms with Gasteiger partial charge in [-0.3, -0.25) is 0 Å². The Balaban J connectivity index is 1.85. The quantitative estimate of drug-likeness (QED) is 0.776. The van der Waals surface area contributed by atoms with Crippen molar-refractivity contribution in [2.45, 2.75) is 25.9 Å². The molecule has 1 aliphatic rings. The molecule has 104 valence electrons. The summed E-state index contributed by atoms with van der Waals surface area (Å²) in [4.78, 5) is 11.7. The van der Waals surface area contributed by atoms with E-state index < -0.39 is 5.60 Å². The summed E-state index contributed by atoms with van der Waals surface area (Å²) in [5, 5.41) is 15.4. The predicted molar refractivity (Wildman–Crippen MR) is 73.3 cm³/mol. The predicted octanol–water partition coefficient (Wildman–Crippen LogP) is 1.58. The number of rotatable bonds is 3. The van der Waals surface area contributed by atoms with Crippen LogP contribution in [0.2, 0.25) is 0 Å². The molecule has 1 fully saturated rings. The fourth-order valence-electron chi connectivity index (χ4n) is 1.98. The first-order valence-electron chi connectivity index (χ1n) is 6.41. The molecule has 1 aromatic carbocycles. The van der Waals surface area contributed by atoms with Crippen molar-refractivity contribution in [1.29, 1.82) is 0 Å². The lowest BCUT2D eigenvalue weighted by Gasteiger charge is -2.20. The first kappa shape index (κ1) is 13.8. The van der Waals surface area contributed by atoms with Crippen molar-refractivity contribution in [2.24, 2.45) is 0 Å². The Hall–Kier alpha value is -1.59. The average Bonchev–Trinajstić information content (AvgIpc) is 2.79. The van der Waals surface area contributed by atoms with Gasteiger partial charge >= 0.3 is 6.03 Å². The van der Waals surface area contributed by atoms with Crippen LogP contribution in [0, 0.1) is 13.8 Å². The van der Waals surface area contributed by atoms with Gasteiger partial charge in [-0.15, -0.1) is 0 Å². The molecule has 3 N–H and O–H groups in total. The Kier molecular flexibility index (Phi) is 4.07. The van der Waals surface area contributed by atoms with Gasteiger partial charge in [0.1, 0.15) is 5.60 Å². The zero-order valence-electron chi connectivity index (χ0n) is 11.3. The van der Waals surface area contributed by atoms with Gasteiger partial charge in [-0.2, -0.15) is 0 Å². The van der Waals surface area contributed by atoms with Crippen LogP contribution in [0.25, 0.3) is 0 Å². The summed E-state index contributed by atoms with van der Waals surface area (Å²) in [6, 6.07) is 5.42. The molecule has 1 unspecified atom stereocenters. The Labute approximate surface area is 113 Å². The molecule has 1 saturated heterocycles. The highest BCUT2D eigenvalue weighted by molar-refractivity contribution is 5.89. The van der Waals surface area contributed by atoms with Crippen molar-refractivity contribution in [3.05, 3.63) is 29.3 Å². The molecule has 0 bridgehead atoms. The van der Waals surface area contributed by atoms with E-state index in [9.17, 15) is 9.90 Å². The van der Waals surface area contributed by atoms with E-state index in [0.717, 1.165) is 11.3 Å². The summed E-state index contributed by atoms with van der Waals surface area (Å²) in [7, 11) is 0. The molecule has 1 heterocycles. The lowest BCUT2D eigenvalue weighted by Crippen LogP contribution is -2.44. The number of ether oxygens (including phenoxy) is 1. The van der Waals surface area contributed by atoms with Crippen LogP contribution in [0.1, 0.15) is 17.5 Å². The topological polar surface area (TPSA) is 70.6 Å². The lowest BCUT2D eigenvalue weighted by molar-refractivity contribution is 0.0295. The maximum atomic E-state index is 11.7. The van der Waals surface area contributed by atoms with E-state index in [-0.39, 0.29) is 19.2 Å². The van der Waals surface area contributed by atoms with E-state index in [1.807, 2.05) is 32.0 Å². The third-order valence-corrected chi connectivity index (χ3v) is 3.43. The summed E-state index contributed by atoms with van der Waals surface area (Å²) in [5.74, 6) is 0. The second-order valence-electron chi connectivity index (χ2n) is 5.13. The molecule has 2 amide bonds. The van der Waals surface area contributed by atoms with Crippen LogP contribution < -0.4 is 10.6 Å². The van der Waals surface area contributed by atoms with Crippen LogP contribution in [0.15, 0.2) is 18.2 Å². The van der Waals surface area contributed by atoms with Crippen molar-refractivity contribution < 1.29 is 14.6 Å². The van der Waals surface area contributed by atoms with Gasteiger partial charge in [0.2, 0.25) is 0 Å². The number of amides is 2. The monoisotopic (exact) mass is 264 g/mol. The maximum absolute atomic E-state index is 11.7. The van der Waals surface area contributed by atoms with Crippen LogP contribution in [0.3, 0.4) is 0 Å². The van der Waals surface area contributed by atoms with Crippen LogP contribution in [0.5, 0.6) is 0 Å². The first-order valence-corrected chi connectivity index (χ1v) is 6.41. The number of carbonyl (C=O) groups excluding carboxylic acids is 1. The number of urea groups is 1. The Bertz CT molecular complexity index is 468. The fourth-order valence-corrected chi connectivity index (χ4v) is 1.98. The highest BCUT2D eigenvalue weighted by atomic mass is 16.5. The maximum Gasteiger partial charge on any atom is 0.319 e. The zero-order chi connectivity index (χ0) is 13.9. The highest BCUT2D eigenvalue weighted by Crippen LogP contribution is 2.17. The van der Waals surface area contributed by atoms with E-state index in [1.165, 1.54) is 5.56 Å². The molecule has 5 heteroatoms. The summed E-state index contributed by atoms with van der Waals surface area (Å²) < 4.78 is 5.12. The summed E-state index contributed by atoms with van der Waals surface area (Å²) >= 11 is 0. The van der Waals surface area contributed by atoms with Gasteiger partial charge in [0, 0.05) is 18.7 Å². The molecule has 5 nitrogen and oxygen atoms in total. The van der Waals surface area contributed by atoms with E-state index in [4.69, 9.17) is 4.74 Å². The minimum Gasteiger partial charge on any atom is -0.386 e. The van der Waals surface area contributed by atoms with Crippen LogP contribution in [0.4, 0.5) is 10.5 Å². The Morgan fingerprint density at radius 2 is 2.21 bits per heavy atom. The Morgan fingerprint density at radius 1 is 1.42 bits per heavy atom. The largest absolute Gasteiger partial charge is 0.386 e. The minimum absolute atomic E-state index is 0.198. The molecule has 1 aromatic rings. The van der Waals surface area contributed by atoms with Gasteiger partial charge in [-0.25, -0.2) is 4.79 Å². The van der Waals surface area contributed by atoms with Gasteiger partial charge in [0.05, 0.1) is 13.2 Å². The van der Waals surface area contributed by atoms with E-state index in [2.05, 4.69) is 10.6 Å². The smallest absolute Gasteiger partial charge is 0.319 e. The van der Waals surface area contributed by atoms with Gasteiger partial charge in [-0.05, 0) is 37.1 Å². The SMILES string of the molecule is Cc1ccc(NC(=O)NCC2(O)CCOC2)cc1C. The molecule has 0 spiro atoms. The molecule has 0 aromatic heterocycles.